The van der Waals surface area contributed by atoms with Crippen LogP contribution in [0.2, 0.25) is 0 Å². The molecule has 7 rings (SSSR count). The molecule has 0 amide bonds. The normalized spacial score (nSPS) is 22.4. The summed E-state index contributed by atoms with van der Waals surface area (Å²) in [6.07, 6.45) is 2.55. The summed E-state index contributed by atoms with van der Waals surface area (Å²) >= 11 is 3.34. The number of carbonyl (C=O) groups is 2. The maximum absolute atomic E-state index is 13.2. The lowest BCUT2D eigenvalue weighted by Gasteiger charge is -2.34. The Morgan fingerprint density at radius 3 is 1.34 bits per heavy atom. The van der Waals surface area contributed by atoms with Crippen LogP contribution >= 0.6 is 15.9 Å². The van der Waals surface area contributed by atoms with E-state index in [-0.39, 0.29) is 34.1 Å². The average Bonchev–Trinajstić information content (AvgIpc) is 3.60. The Balaban J connectivity index is 1.59. The first-order valence-electron chi connectivity index (χ1n) is 13.3. The van der Waals surface area contributed by atoms with E-state index in [1.807, 2.05) is 0 Å². The molecule has 4 N–H and O–H groups in total. The van der Waals surface area contributed by atoms with Crippen LogP contribution in [0.4, 0.5) is 0 Å². The smallest absolute Gasteiger partial charge is 0.334 e. The van der Waals surface area contributed by atoms with Crippen LogP contribution in [0.3, 0.4) is 0 Å². The summed E-state index contributed by atoms with van der Waals surface area (Å²) in [6.45, 7) is 0. The van der Waals surface area contributed by atoms with E-state index in [0.717, 1.165) is 0 Å². The molecule has 0 aliphatic carbocycles. The molecule has 10 heteroatoms. The second-order valence-corrected chi connectivity index (χ2v) is 11.2. The Labute approximate surface area is 258 Å². The summed E-state index contributed by atoms with van der Waals surface area (Å²) in [7, 11) is 0. The van der Waals surface area contributed by atoms with Gasteiger partial charge in [0.25, 0.3) is 11.6 Å². The fourth-order valence-electron chi connectivity index (χ4n) is 5.82. The quantitative estimate of drug-likeness (QED) is 0.199. The number of rotatable bonds is 4. The highest BCUT2D eigenvalue weighted by Gasteiger charge is 2.67. The third kappa shape index (κ3) is 4.18. The van der Waals surface area contributed by atoms with Crippen molar-refractivity contribution in [1.29, 1.82) is 0 Å². The molecular weight excluding hydrogens is 632 g/mol. The molecule has 0 bridgehead atoms. The first-order chi connectivity index (χ1) is 21.1. The van der Waals surface area contributed by atoms with Gasteiger partial charge in [-0.15, -0.1) is 0 Å². The molecule has 9 nitrogen and oxygen atoms in total. The third-order valence-electron chi connectivity index (χ3n) is 7.67. The van der Waals surface area contributed by atoms with Crippen LogP contribution in [-0.2, 0) is 23.8 Å². The van der Waals surface area contributed by atoms with Gasteiger partial charge in [0.15, 0.2) is 0 Å². The molecule has 0 radical (unpaired) electrons. The fourth-order valence-corrected chi connectivity index (χ4v) is 6.20. The van der Waals surface area contributed by atoms with E-state index in [1.165, 1.54) is 54.6 Å². The molecule has 0 unspecified atom stereocenters. The lowest BCUT2D eigenvalue weighted by atomic mass is 9.81. The minimum atomic E-state index is -2.00. The Morgan fingerprint density at radius 1 is 0.523 bits per heavy atom. The first kappa shape index (κ1) is 27.5. The molecule has 218 valence electrons. The molecule has 3 aliphatic rings. The number of hydrogen-bond donors (Lipinski definition) is 4. The van der Waals surface area contributed by atoms with Crippen molar-refractivity contribution in [2.24, 2.45) is 0 Å². The standard InChI is InChI=1S/C34H21BrO9/c35-27-15-21(7-14-28(27)39)26-17-30(41)43-34(26)32(20-5-12-24(38)13-6-20)31(19-3-10-23(37)11-4-19)33(44-34)25(16-29(40)42-33)18-1-8-22(36)9-2-18/h1-17,36-39H/t33-,34-/m0/s1. The van der Waals surface area contributed by atoms with Crippen molar-refractivity contribution in [3.8, 4) is 23.0 Å². The third-order valence-corrected chi connectivity index (χ3v) is 8.30. The molecule has 0 saturated carbocycles. The summed E-state index contributed by atoms with van der Waals surface area (Å²) in [4.78, 5) is 26.4. The molecule has 3 heterocycles. The summed E-state index contributed by atoms with van der Waals surface area (Å²) in [5.41, 5.74) is 2.99. The largest absolute Gasteiger partial charge is 0.508 e. The molecule has 0 fully saturated rings. The molecule has 0 saturated heterocycles. The number of ether oxygens (including phenoxy) is 3. The van der Waals surface area contributed by atoms with Crippen molar-refractivity contribution < 1.29 is 44.2 Å². The Kier molecular flexibility index (Phi) is 6.17. The second-order valence-electron chi connectivity index (χ2n) is 10.4. The second kappa shape index (κ2) is 9.87. The van der Waals surface area contributed by atoms with Gasteiger partial charge >= 0.3 is 11.9 Å². The van der Waals surface area contributed by atoms with Crippen molar-refractivity contribution in [2.75, 3.05) is 0 Å². The van der Waals surface area contributed by atoms with Gasteiger partial charge in [0, 0.05) is 34.4 Å². The maximum atomic E-state index is 13.2. The Hall–Kier alpha value is -5.32. The van der Waals surface area contributed by atoms with Gasteiger partial charge in [-0.3, -0.25) is 4.74 Å². The van der Waals surface area contributed by atoms with Crippen LogP contribution in [-0.4, -0.2) is 43.9 Å². The van der Waals surface area contributed by atoms with E-state index in [4.69, 9.17) is 14.2 Å². The number of phenols is 4. The van der Waals surface area contributed by atoms with Gasteiger partial charge in [0.1, 0.15) is 23.0 Å². The van der Waals surface area contributed by atoms with Crippen LogP contribution in [0.5, 0.6) is 23.0 Å². The fraction of sp³-hybridized carbons (Fsp3) is 0.0588. The van der Waals surface area contributed by atoms with Gasteiger partial charge in [0.2, 0.25) is 0 Å². The van der Waals surface area contributed by atoms with E-state index in [9.17, 15) is 30.0 Å². The lowest BCUT2D eigenvalue weighted by molar-refractivity contribution is -0.232. The zero-order valence-corrected chi connectivity index (χ0v) is 24.1. The van der Waals surface area contributed by atoms with Crippen molar-refractivity contribution in [1.82, 2.24) is 0 Å². The summed E-state index contributed by atoms with van der Waals surface area (Å²) in [5.74, 6) is -5.50. The van der Waals surface area contributed by atoms with Crippen molar-refractivity contribution in [2.45, 2.75) is 11.6 Å². The van der Waals surface area contributed by atoms with E-state index in [1.54, 1.807) is 48.5 Å². The predicted molar refractivity (Wildman–Crippen MR) is 162 cm³/mol. The van der Waals surface area contributed by atoms with Gasteiger partial charge in [-0.1, -0.05) is 42.5 Å². The number of phenolic OH excluding ortho intramolecular Hbond substituents is 4. The topological polar surface area (TPSA) is 143 Å². The molecule has 44 heavy (non-hydrogen) atoms. The molecule has 2 spiro atoms. The molecule has 4 aromatic carbocycles. The molecular formula is C34H21BrO9. The lowest BCUT2D eigenvalue weighted by Crippen LogP contribution is -2.41. The van der Waals surface area contributed by atoms with Gasteiger partial charge in [0.05, 0.1) is 4.47 Å². The minimum Gasteiger partial charge on any atom is -0.508 e. The zero-order chi connectivity index (χ0) is 30.8. The van der Waals surface area contributed by atoms with Crippen LogP contribution < -0.4 is 0 Å². The number of esters is 2. The van der Waals surface area contributed by atoms with Crippen LogP contribution in [0.15, 0.2) is 108 Å². The zero-order valence-electron chi connectivity index (χ0n) is 22.5. The summed E-state index contributed by atoms with van der Waals surface area (Å²) < 4.78 is 19.4. The van der Waals surface area contributed by atoms with E-state index >= 15 is 0 Å². The van der Waals surface area contributed by atoms with Crippen molar-refractivity contribution in [3.63, 3.8) is 0 Å². The molecule has 0 aromatic heterocycles. The number of benzene rings is 4. The van der Waals surface area contributed by atoms with Gasteiger partial charge in [-0.05, 0) is 86.7 Å². The first-order valence-corrected chi connectivity index (χ1v) is 14.1. The summed E-state index contributed by atoms with van der Waals surface area (Å²) in [5, 5.41) is 40.5. The highest BCUT2D eigenvalue weighted by atomic mass is 79.9. The number of aromatic hydroxyl groups is 4. The Morgan fingerprint density at radius 2 is 0.909 bits per heavy atom. The highest BCUT2D eigenvalue weighted by Crippen LogP contribution is 2.63. The maximum Gasteiger partial charge on any atom is 0.334 e. The average molecular weight is 653 g/mol. The highest BCUT2D eigenvalue weighted by molar-refractivity contribution is 9.10. The van der Waals surface area contributed by atoms with E-state index in [0.29, 0.717) is 37.9 Å². The van der Waals surface area contributed by atoms with Crippen molar-refractivity contribution in [3.05, 3.63) is 130 Å². The Bertz CT molecular complexity index is 1960. The number of hydrogen-bond acceptors (Lipinski definition) is 9. The van der Waals surface area contributed by atoms with E-state index < -0.39 is 23.5 Å². The van der Waals surface area contributed by atoms with E-state index in [2.05, 4.69) is 15.9 Å². The van der Waals surface area contributed by atoms with Crippen LogP contribution in [0, 0.1) is 0 Å². The number of halogens is 1. The summed E-state index contributed by atoms with van der Waals surface area (Å²) in [6, 6.07) is 23.1. The minimum absolute atomic E-state index is 0.00406. The molecule has 3 aliphatic heterocycles. The number of carbonyl (C=O) groups excluding carboxylic acids is 2. The monoisotopic (exact) mass is 652 g/mol. The van der Waals surface area contributed by atoms with Crippen LogP contribution in [0.1, 0.15) is 22.3 Å². The van der Waals surface area contributed by atoms with Crippen molar-refractivity contribution >= 4 is 50.2 Å². The molecule has 4 aromatic rings. The SMILES string of the molecule is O=C1C=C(c2ccc(O)cc2)[C@]2(O1)O[C@]1(OC(=O)C=C1c1ccc(O)c(Br)c1)C(c1ccc(O)cc1)=C2c1ccc(O)cc1. The van der Waals surface area contributed by atoms with Gasteiger partial charge in [-0.2, -0.15) is 0 Å². The van der Waals surface area contributed by atoms with Crippen LogP contribution in [0.25, 0.3) is 22.3 Å². The van der Waals surface area contributed by atoms with Gasteiger partial charge < -0.3 is 29.9 Å². The van der Waals surface area contributed by atoms with Gasteiger partial charge in [-0.25, -0.2) is 9.59 Å². The molecule has 2 atom stereocenters. The predicted octanol–water partition coefficient (Wildman–Crippen LogP) is 5.89.